The lowest BCUT2D eigenvalue weighted by Crippen LogP contribution is -2.16. The summed E-state index contributed by atoms with van der Waals surface area (Å²) >= 11 is 3.41. The Bertz CT molecular complexity index is 494. The van der Waals surface area contributed by atoms with Gasteiger partial charge in [0.15, 0.2) is 11.5 Å². The van der Waals surface area contributed by atoms with Crippen LogP contribution in [0.5, 0.6) is 0 Å². The number of hydrogen-bond donors (Lipinski definition) is 1. The molecule has 17 heavy (non-hydrogen) atoms. The second-order valence-electron chi connectivity index (χ2n) is 4.26. The summed E-state index contributed by atoms with van der Waals surface area (Å²) in [4.78, 5) is 8.75. The van der Waals surface area contributed by atoms with Crippen LogP contribution in [-0.2, 0) is 0 Å². The van der Waals surface area contributed by atoms with Gasteiger partial charge in [0.2, 0.25) is 0 Å². The van der Waals surface area contributed by atoms with Crippen LogP contribution in [0.2, 0.25) is 0 Å². The van der Waals surface area contributed by atoms with Crippen molar-refractivity contribution in [1.29, 1.82) is 0 Å². The monoisotopic (exact) mass is 296 g/mol. The van der Waals surface area contributed by atoms with Crippen LogP contribution in [0.15, 0.2) is 23.2 Å². The molecule has 0 bridgehead atoms. The zero-order valence-electron chi connectivity index (χ0n) is 10.2. The first-order valence-electron chi connectivity index (χ1n) is 5.96. The fraction of sp³-hybridized carbons (Fsp3) is 0.500. The van der Waals surface area contributed by atoms with Crippen molar-refractivity contribution in [3.8, 4) is 0 Å². The van der Waals surface area contributed by atoms with E-state index in [2.05, 4.69) is 45.1 Å². The number of nitrogens with zero attached hydrogens (tertiary/aromatic N) is 3. The van der Waals surface area contributed by atoms with E-state index in [1.54, 1.807) is 6.20 Å². The molecule has 0 fully saturated rings. The summed E-state index contributed by atoms with van der Waals surface area (Å²) in [5.74, 6) is 0.841. The first kappa shape index (κ1) is 12.4. The summed E-state index contributed by atoms with van der Waals surface area (Å²) < 4.78 is 2.78. The summed E-state index contributed by atoms with van der Waals surface area (Å²) in [6.45, 7) is 4.38. The van der Waals surface area contributed by atoms with Crippen LogP contribution in [0.25, 0.3) is 5.65 Å². The molecule has 2 heterocycles. The first-order chi connectivity index (χ1) is 8.20. The Morgan fingerprint density at radius 2 is 2.35 bits per heavy atom. The average Bonchev–Trinajstić information content (AvgIpc) is 2.74. The molecule has 2 aromatic heterocycles. The fourth-order valence-electron chi connectivity index (χ4n) is 1.81. The fourth-order valence-corrected chi connectivity index (χ4v) is 2.21. The molecule has 0 aliphatic heterocycles. The van der Waals surface area contributed by atoms with Crippen molar-refractivity contribution < 1.29 is 0 Å². The first-order valence-corrected chi connectivity index (χ1v) is 6.75. The van der Waals surface area contributed by atoms with E-state index in [0.717, 1.165) is 22.5 Å². The van der Waals surface area contributed by atoms with Gasteiger partial charge in [0.1, 0.15) is 4.60 Å². The van der Waals surface area contributed by atoms with Crippen LogP contribution < -0.4 is 5.32 Å². The van der Waals surface area contributed by atoms with E-state index in [1.165, 1.54) is 12.8 Å². The molecular formula is C12H17BrN4. The number of imidazole rings is 1. The van der Waals surface area contributed by atoms with E-state index in [4.69, 9.17) is 0 Å². The van der Waals surface area contributed by atoms with E-state index in [-0.39, 0.29) is 0 Å². The molecule has 0 radical (unpaired) electrons. The van der Waals surface area contributed by atoms with Gasteiger partial charge in [-0.05, 0) is 29.3 Å². The smallest absolute Gasteiger partial charge is 0.180 e. The van der Waals surface area contributed by atoms with Gasteiger partial charge in [-0.25, -0.2) is 9.97 Å². The third kappa shape index (κ3) is 2.97. The average molecular weight is 297 g/mol. The quantitative estimate of drug-likeness (QED) is 0.918. The Morgan fingerprint density at radius 3 is 3.12 bits per heavy atom. The van der Waals surface area contributed by atoms with Crippen LogP contribution in [0.4, 0.5) is 5.82 Å². The third-order valence-electron chi connectivity index (χ3n) is 2.72. The zero-order valence-corrected chi connectivity index (χ0v) is 11.7. The Hall–Kier alpha value is -1.10. The molecule has 1 N–H and O–H groups in total. The summed E-state index contributed by atoms with van der Waals surface area (Å²) in [7, 11) is 0. The molecule has 0 amide bonds. The van der Waals surface area contributed by atoms with E-state index in [9.17, 15) is 0 Å². The van der Waals surface area contributed by atoms with Crippen LogP contribution >= 0.6 is 15.9 Å². The van der Waals surface area contributed by atoms with Crippen LogP contribution in [0.3, 0.4) is 0 Å². The van der Waals surface area contributed by atoms with Crippen molar-refractivity contribution in [2.75, 3.05) is 5.32 Å². The Balaban J connectivity index is 2.19. The van der Waals surface area contributed by atoms with Gasteiger partial charge in [-0.2, -0.15) is 0 Å². The van der Waals surface area contributed by atoms with Gasteiger partial charge < -0.3 is 9.72 Å². The molecule has 0 aromatic carbocycles. The van der Waals surface area contributed by atoms with Gasteiger partial charge >= 0.3 is 0 Å². The topological polar surface area (TPSA) is 42.2 Å². The predicted octanol–water partition coefficient (Wildman–Crippen LogP) is 3.48. The molecule has 2 rings (SSSR count). The minimum Gasteiger partial charge on any atom is -0.364 e. The number of aromatic nitrogens is 3. The molecule has 0 aliphatic rings. The van der Waals surface area contributed by atoms with E-state index in [0.29, 0.717) is 6.04 Å². The van der Waals surface area contributed by atoms with Gasteiger partial charge in [-0.3, -0.25) is 0 Å². The molecule has 0 saturated carbocycles. The number of anilines is 1. The molecular weight excluding hydrogens is 280 g/mol. The number of unbranched alkanes of at least 4 members (excludes halogenated alkanes) is 1. The summed E-state index contributed by atoms with van der Waals surface area (Å²) in [5, 5.41) is 3.42. The summed E-state index contributed by atoms with van der Waals surface area (Å²) in [6, 6.07) is 0.414. The standard InChI is InChI=1S/C12H17BrN4/c1-3-4-5-9(2)15-11-12-14-6-7-17(12)8-10(13)16-11/h6-9H,3-5H2,1-2H3,(H,15,16). The maximum absolute atomic E-state index is 4.44. The molecule has 1 atom stereocenters. The molecule has 4 nitrogen and oxygen atoms in total. The lowest BCUT2D eigenvalue weighted by atomic mass is 10.1. The van der Waals surface area contributed by atoms with Crippen molar-refractivity contribution in [2.45, 2.75) is 39.2 Å². The lowest BCUT2D eigenvalue weighted by molar-refractivity contribution is 0.643. The number of halogens is 1. The predicted molar refractivity (Wildman–Crippen MR) is 73.3 cm³/mol. The number of hydrogen-bond acceptors (Lipinski definition) is 3. The maximum Gasteiger partial charge on any atom is 0.180 e. The number of rotatable bonds is 5. The van der Waals surface area contributed by atoms with Crippen molar-refractivity contribution in [1.82, 2.24) is 14.4 Å². The Kier molecular flexibility index (Phi) is 3.99. The highest BCUT2D eigenvalue weighted by molar-refractivity contribution is 9.10. The van der Waals surface area contributed by atoms with E-state index >= 15 is 0 Å². The summed E-state index contributed by atoms with van der Waals surface area (Å²) in [6.07, 6.45) is 9.21. The van der Waals surface area contributed by atoms with Gasteiger partial charge in [-0.1, -0.05) is 19.8 Å². The normalized spacial score (nSPS) is 12.9. The SMILES string of the molecule is CCCCC(C)Nc1nc(Br)cn2ccnc12. The Morgan fingerprint density at radius 1 is 1.53 bits per heavy atom. The molecule has 2 aromatic rings. The van der Waals surface area contributed by atoms with Crippen LogP contribution in [0.1, 0.15) is 33.1 Å². The zero-order chi connectivity index (χ0) is 12.3. The second kappa shape index (κ2) is 5.49. The summed E-state index contributed by atoms with van der Waals surface area (Å²) in [5.41, 5.74) is 0.872. The van der Waals surface area contributed by atoms with Crippen molar-refractivity contribution in [3.63, 3.8) is 0 Å². The van der Waals surface area contributed by atoms with Gasteiger partial charge in [-0.15, -0.1) is 0 Å². The van der Waals surface area contributed by atoms with E-state index in [1.807, 2.05) is 16.8 Å². The molecule has 0 aliphatic carbocycles. The number of nitrogens with one attached hydrogen (secondary N) is 1. The maximum atomic E-state index is 4.44. The highest BCUT2D eigenvalue weighted by Crippen LogP contribution is 2.18. The third-order valence-corrected chi connectivity index (χ3v) is 3.10. The molecule has 0 spiro atoms. The van der Waals surface area contributed by atoms with E-state index < -0.39 is 0 Å². The number of fused-ring (bicyclic) bond motifs is 1. The second-order valence-corrected chi connectivity index (χ2v) is 5.07. The van der Waals surface area contributed by atoms with Crippen LogP contribution in [-0.4, -0.2) is 20.4 Å². The molecule has 5 heteroatoms. The molecule has 92 valence electrons. The van der Waals surface area contributed by atoms with Crippen LogP contribution in [0, 0.1) is 0 Å². The van der Waals surface area contributed by atoms with Crippen molar-refractivity contribution in [3.05, 3.63) is 23.2 Å². The van der Waals surface area contributed by atoms with Gasteiger partial charge in [0.05, 0.1) is 0 Å². The molecule has 1 unspecified atom stereocenters. The lowest BCUT2D eigenvalue weighted by Gasteiger charge is -2.14. The highest BCUT2D eigenvalue weighted by atomic mass is 79.9. The van der Waals surface area contributed by atoms with Crippen molar-refractivity contribution >= 4 is 27.4 Å². The van der Waals surface area contributed by atoms with Crippen molar-refractivity contribution in [2.24, 2.45) is 0 Å². The largest absolute Gasteiger partial charge is 0.364 e. The molecule has 0 saturated heterocycles. The Labute approximate surface area is 110 Å². The van der Waals surface area contributed by atoms with Gasteiger partial charge in [0.25, 0.3) is 0 Å². The van der Waals surface area contributed by atoms with Gasteiger partial charge in [0, 0.05) is 24.6 Å². The highest BCUT2D eigenvalue weighted by Gasteiger charge is 2.09. The minimum atomic E-state index is 0.414. The minimum absolute atomic E-state index is 0.414.